The normalized spacial score (nSPS) is 19.2. The van der Waals surface area contributed by atoms with Crippen molar-refractivity contribution in [2.45, 2.75) is 45.2 Å². The Balaban J connectivity index is 1.92. The van der Waals surface area contributed by atoms with Gasteiger partial charge in [-0.05, 0) is 25.8 Å². The van der Waals surface area contributed by atoms with E-state index in [4.69, 9.17) is 0 Å². The molecule has 4 heteroatoms. The van der Waals surface area contributed by atoms with Gasteiger partial charge in [-0.3, -0.25) is 4.79 Å². The van der Waals surface area contributed by atoms with Gasteiger partial charge in [0.25, 0.3) is 5.91 Å². The number of carbonyl (C=O) groups excluding carboxylic acids is 1. The monoisotopic (exact) mass is 249 g/mol. The lowest BCUT2D eigenvalue weighted by molar-refractivity contribution is 0.0649. The van der Waals surface area contributed by atoms with Crippen LogP contribution in [0.3, 0.4) is 0 Å². The van der Waals surface area contributed by atoms with Gasteiger partial charge in [0.05, 0.1) is 5.56 Å². The highest BCUT2D eigenvalue weighted by Gasteiger charge is 2.32. The van der Waals surface area contributed by atoms with Crippen molar-refractivity contribution in [1.82, 2.24) is 15.2 Å². The molecule has 0 bridgehead atoms. The Morgan fingerprint density at radius 1 is 1.44 bits per heavy atom. The van der Waals surface area contributed by atoms with Gasteiger partial charge < -0.3 is 15.2 Å². The van der Waals surface area contributed by atoms with E-state index in [1.54, 1.807) is 12.4 Å². The topological polar surface area (TPSA) is 48.1 Å². The summed E-state index contributed by atoms with van der Waals surface area (Å²) in [7, 11) is 0. The molecule has 0 saturated carbocycles. The number of nitrogens with one attached hydrogen (secondary N) is 2. The summed E-state index contributed by atoms with van der Waals surface area (Å²) < 4.78 is 0. The van der Waals surface area contributed by atoms with E-state index < -0.39 is 0 Å². The van der Waals surface area contributed by atoms with Gasteiger partial charge >= 0.3 is 0 Å². The standard InChI is InChI=1S/C14H23N3O/c1-11(2)16-14(3)5-8-17(9-6-14)13(18)12-4-7-15-10-12/h4,7,10-11,15-16H,5-6,8-9H2,1-3H3. The molecule has 18 heavy (non-hydrogen) atoms. The fraction of sp³-hybridized carbons (Fsp3) is 0.643. The second kappa shape index (κ2) is 5.14. The van der Waals surface area contributed by atoms with Gasteiger partial charge in [0, 0.05) is 37.1 Å². The van der Waals surface area contributed by atoms with E-state index in [0.717, 1.165) is 31.5 Å². The lowest BCUT2D eigenvalue weighted by Gasteiger charge is -2.41. The van der Waals surface area contributed by atoms with Crippen molar-refractivity contribution >= 4 is 5.91 Å². The molecule has 1 aromatic heterocycles. The van der Waals surface area contributed by atoms with Gasteiger partial charge in [-0.1, -0.05) is 13.8 Å². The van der Waals surface area contributed by atoms with Crippen LogP contribution in [-0.4, -0.2) is 40.5 Å². The molecule has 100 valence electrons. The summed E-state index contributed by atoms with van der Waals surface area (Å²) in [5.41, 5.74) is 0.929. The molecule has 2 N–H and O–H groups in total. The lowest BCUT2D eigenvalue weighted by atomic mass is 9.88. The minimum atomic E-state index is 0.142. The second-order valence-corrected chi connectivity index (χ2v) is 5.75. The van der Waals surface area contributed by atoms with Crippen LogP contribution in [0.5, 0.6) is 0 Å². The highest BCUT2D eigenvalue weighted by Crippen LogP contribution is 2.23. The molecule has 0 unspecified atom stereocenters. The molecule has 1 aliphatic rings. The molecule has 0 radical (unpaired) electrons. The molecule has 1 fully saturated rings. The van der Waals surface area contributed by atoms with Gasteiger partial charge in [-0.15, -0.1) is 0 Å². The van der Waals surface area contributed by atoms with E-state index in [0.29, 0.717) is 6.04 Å². The summed E-state index contributed by atoms with van der Waals surface area (Å²) in [6.45, 7) is 8.26. The van der Waals surface area contributed by atoms with Crippen LogP contribution >= 0.6 is 0 Å². The van der Waals surface area contributed by atoms with E-state index in [-0.39, 0.29) is 11.4 Å². The summed E-state index contributed by atoms with van der Waals surface area (Å²) in [4.78, 5) is 17.1. The van der Waals surface area contributed by atoms with Gasteiger partial charge in [0.15, 0.2) is 0 Å². The van der Waals surface area contributed by atoms with Crippen molar-refractivity contribution in [3.05, 3.63) is 24.0 Å². The summed E-state index contributed by atoms with van der Waals surface area (Å²) in [6, 6.07) is 2.32. The molecule has 0 atom stereocenters. The number of rotatable bonds is 3. The SMILES string of the molecule is CC(C)NC1(C)CCN(C(=O)c2cc[nH]c2)CC1. The fourth-order valence-electron chi connectivity index (χ4n) is 2.68. The Bertz CT molecular complexity index is 389. The van der Waals surface area contributed by atoms with Crippen LogP contribution in [-0.2, 0) is 0 Å². The number of aromatic amines is 1. The molecule has 4 nitrogen and oxygen atoms in total. The van der Waals surface area contributed by atoms with Crippen molar-refractivity contribution in [3.63, 3.8) is 0 Å². The largest absolute Gasteiger partial charge is 0.367 e. The van der Waals surface area contributed by atoms with Crippen LogP contribution < -0.4 is 5.32 Å². The predicted molar refractivity (Wildman–Crippen MR) is 72.6 cm³/mol. The number of hydrogen-bond acceptors (Lipinski definition) is 2. The maximum absolute atomic E-state index is 12.2. The average molecular weight is 249 g/mol. The minimum Gasteiger partial charge on any atom is -0.367 e. The molecule has 1 saturated heterocycles. The van der Waals surface area contributed by atoms with Crippen LogP contribution in [0.4, 0.5) is 0 Å². The molecular formula is C14H23N3O. The molecular weight excluding hydrogens is 226 g/mol. The number of likely N-dealkylation sites (tertiary alicyclic amines) is 1. The molecule has 0 aliphatic carbocycles. The van der Waals surface area contributed by atoms with Crippen LogP contribution in [0.25, 0.3) is 0 Å². The van der Waals surface area contributed by atoms with Crippen molar-refractivity contribution in [1.29, 1.82) is 0 Å². The van der Waals surface area contributed by atoms with Crippen LogP contribution in [0.15, 0.2) is 18.5 Å². The summed E-state index contributed by atoms with van der Waals surface area (Å²) in [5, 5.41) is 3.61. The molecule has 1 aliphatic heterocycles. The average Bonchev–Trinajstić information content (AvgIpc) is 2.81. The lowest BCUT2D eigenvalue weighted by Crippen LogP contribution is -2.54. The fourth-order valence-corrected chi connectivity index (χ4v) is 2.68. The number of nitrogens with zero attached hydrogens (tertiary/aromatic N) is 1. The summed E-state index contributed by atoms with van der Waals surface area (Å²) in [5.74, 6) is 0.142. The first kappa shape index (κ1) is 13.1. The zero-order valence-corrected chi connectivity index (χ0v) is 11.5. The Labute approximate surface area is 109 Å². The predicted octanol–water partition coefficient (Wildman–Crippen LogP) is 2.01. The highest BCUT2D eigenvalue weighted by atomic mass is 16.2. The second-order valence-electron chi connectivity index (χ2n) is 5.75. The first-order chi connectivity index (χ1) is 8.50. The maximum atomic E-state index is 12.2. The van der Waals surface area contributed by atoms with E-state index in [1.807, 2.05) is 11.0 Å². The van der Waals surface area contributed by atoms with Gasteiger partial charge in [-0.2, -0.15) is 0 Å². The zero-order valence-electron chi connectivity index (χ0n) is 11.5. The number of carbonyl (C=O) groups is 1. The van der Waals surface area contributed by atoms with Gasteiger partial charge in [-0.25, -0.2) is 0 Å². The Hall–Kier alpha value is -1.29. The van der Waals surface area contributed by atoms with Crippen LogP contribution in [0.2, 0.25) is 0 Å². The van der Waals surface area contributed by atoms with E-state index in [1.165, 1.54) is 0 Å². The summed E-state index contributed by atoms with van der Waals surface area (Å²) >= 11 is 0. The number of piperidine rings is 1. The van der Waals surface area contributed by atoms with Crippen LogP contribution in [0.1, 0.15) is 44.0 Å². The highest BCUT2D eigenvalue weighted by molar-refractivity contribution is 5.94. The van der Waals surface area contributed by atoms with Crippen molar-refractivity contribution in [2.75, 3.05) is 13.1 Å². The zero-order chi connectivity index (χ0) is 13.2. The van der Waals surface area contributed by atoms with E-state index in [9.17, 15) is 4.79 Å². The maximum Gasteiger partial charge on any atom is 0.255 e. The quantitative estimate of drug-likeness (QED) is 0.861. The van der Waals surface area contributed by atoms with Gasteiger partial charge in [0.1, 0.15) is 0 Å². The third kappa shape index (κ3) is 2.93. The van der Waals surface area contributed by atoms with Crippen LogP contribution in [0, 0.1) is 0 Å². The Morgan fingerprint density at radius 2 is 2.11 bits per heavy atom. The molecule has 0 aromatic carbocycles. The smallest absolute Gasteiger partial charge is 0.255 e. The Kier molecular flexibility index (Phi) is 3.76. The van der Waals surface area contributed by atoms with E-state index >= 15 is 0 Å². The molecule has 2 rings (SSSR count). The third-order valence-electron chi connectivity index (χ3n) is 3.64. The first-order valence-corrected chi connectivity index (χ1v) is 6.70. The first-order valence-electron chi connectivity index (χ1n) is 6.70. The number of amides is 1. The van der Waals surface area contributed by atoms with Crippen molar-refractivity contribution in [2.24, 2.45) is 0 Å². The molecule has 2 heterocycles. The number of aromatic nitrogens is 1. The van der Waals surface area contributed by atoms with Gasteiger partial charge in [0.2, 0.25) is 0 Å². The Morgan fingerprint density at radius 3 is 2.61 bits per heavy atom. The number of H-pyrrole nitrogens is 1. The van der Waals surface area contributed by atoms with E-state index in [2.05, 4.69) is 31.1 Å². The number of hydrogen-bond donors (Lipinski definition) is 2. The summed E-state index contributed by atoms with van der Waals surface area (Å²) in [6.07, 6.45) is 5.59. The van der Waals surface area contributed by atoms with Crippen molar-refractivity contribution in [3.8, 4) is 0 Å². The molecule has 1 amide bonds. The van der Waals surface area contributed by atoms with Crippen molar-refractivity contribution < 1.29 is 4.79 Å². The molecule has 1 aromatic rings. The third-order valence-corrected chi connectivity index (χ3v) is 3.64. The minimum absolute atomic E-state index is 0.142. The molecule has 0 spiro atoms.